The minimum atomic E-state index is 0.955. The van der Waals surface area contributed by atoms with Gasteiger partial charge >= 0.3 is 0 Å². The zero-order chi connectivity index (χ0) is 26.4. The predicted molar refractivity (Wildman–Crippen MR) is 168 cm³/mol. The number of hydrogen-bond donors (Lipinski definition) is 0. The molecule has 1 aliphatic rings. The van der Waals surface area contributed by atoms with E-state index in [2.05, 4.69) is 170 Å². The molecule has 0 radical (unpaired) electrons. The summed E-state index contributed by atoms with van der Waals surface area (Å²) >= 11 is 0. The highest BCUT2D eigenvalue weighted by molar-refractivity contribution is 5.83. The van der Waals surface area contributed by atoms with Crippen LogP contribution in [-0.2, 0) is 0 Å². The standard InChI is InChI=1S/C38H31N/c1-29-28-35(32-16-10-5-11-17-32)22-27-38(29)39(37-25-20-34(21-26-37)31-14-8-4-9-15-31)36-23-18-33(19-24-36)30-12-6-2-3-7-13-30/h2-6,8-28H,7H2,1H3. The Balaban J connectivity index is 1.41. The maximum Gasteiger partial charge on any atom is 0.0491 e. The van der Waals surface area contributed by atoms with Crippen molar-refractivity contribution in [2.24, 2.45) is 0 Å². The fourth-order valence-corrected chi connectivity index (χ4v) is 5.17. The molecule has 0 N–H and O–H groups in total. The van der Waals surface area contributed by atoms with Gasteiger partial charge in [0.1, 0.15) is 0 Å². The molecule has 5 aromatic rings. The van der Waals surface area contributed by atoms with Gasteiger partial charge in [0, 0.05) is 17.1 Å². The number of allylic oxidation sites excluding steroid dienone is 6. The molecule has 0 bridgehead atoms. The van der Waals surface area contributed by atoms with Gasteiger partial charge in [-0.1, -0.05) is 121 Å². The van der Waals surface area contributed by atoms with E-state index in [0.29, 0.717) is 0 Å². The first-order chi connectivity index (χ1) is 19.3. The van der Waals surface area contributed by atoms with Gasteiger partial charge in [0.25, 0.3) is 0 Å². The first-order valence-electron chi connectivity index (χ1n) is 13.5. The quantitative estimate of drug-likeness (QED) is 0.224. The van der Waals surface area contributed by atoms with Crippen molar-refractivity contribution in [1.29, 1.82) is 0 Å². The lowest BCUT2D eigenvalue weighted by atomic mass is 10.00. The topological polar surface area (TPSA) is 3.24 Å². The molecule has 1 nitrogen and oxygen atoms in total. The van der Waals surface area contributed by atoms with Gasteiger partial charge in [0.2, 0.25) is 0 Å². The number of nitrogens with zero attached hydrogens (tertiary/aromatic N) is 1. The van der Waals surface area contributed by atoms with E-state index in [4.69, 9.17) is 0 Å². The Kier molecular flexibility index (Phi) is 7.05. The van der Waals surface area contributed by atoms with Crippen LogP contribution in [0.15, 0.2) is 158 Å². The van der Waals surface area contributed by atoms with Gasteiger partial charge in [0.05, 0.1) is 0 Å². The Bertz CT molecular complexity index is 1640. The number of rotatable bonds is 6. The van der Waals surface area contributed by atoms with Gasteiger partial charge in [-0.25, -0.2) is 0 Å². The van der Waals surface area contributed by atoms with Gasteiger partial charge < -0.3 is 4.90 Å². The molecule has 0 fully saturated rings. The van der Waals surface area contributed by atoms with Crippen molar-refractivity contribution in [3.8, 4) is 22.3 Å². The minimum Gasteiger partial charge on any atom is -0.310 e. The van der Waals surface area contributed by atoms with E-state index in [9.17, 15) is 0 Å². The largest absolute Gasteiger partial charge is 0.310 e. The van der Waals surface area contributed by atoms with Gasteiger partial charge in [-0.2, -0.15) is 0 Å². The lowest BCUT2D eigenvalue weighted by Crippen LogP contribution is -2.11. The average Bonchev–Trinajstić information content (AvgIpc) is 3.30. The number of anilines is 3. The molecule has 0 aromatic heterocycles. The summed E-state index contributed by atoms with van der Waals surface area (Å²) < 4.78 is 0. The summed E-state index contributed by atoms with van der Waals surface area (Å²) in [5, 5.41) is 0. The molecule has 0 amide bonds. The first-order valence-corrected chi connectivity index (χ1v) is 13.5. The van der Waals surface area contributed by atoms with Crippen LogP contribution >= 0.6 is 0 Å². The summed E-state index contributed by atoms with van der Waals surface area (Å²) in [6.45, 7) is 2.20. The molecule has 0 saturated carbocycles. The van der Waals surface area contributed by atoms with Crippen molar-refractivity contribution in [2.75, 3.05) is 4.90 Å². The lowest BCUT2D eigenvalue weighted by Gasteiger charge is -2.28. The highest BCUT2D eigenvalue weighted by atomic mass is 15.1. The van der Waals surface area contributed by atoms with E-state index < -0.39 is 0 Å². The van der Waals surface area contributed by atoms with Crippen molar-refractivity contribution in [3.05, 3.63) is 169 Å². The Morgan fingerprint density at radius 2 is 1.05 bits per heavy atom. The SMILES string of the molecule is Cc1cc(-c2ccccc2)ccc1N(c1ccc(C2=CCC=CC=C2)cc1)c1ccc(-c2ccccc2)cc1. The van der Waals surface area contributed by atoms with Gasteiger partial charge in [0.15, 0.2) is 0 Å². The van der Waals surface area contributed by atoms with Gasteiger partial charge in [-0.3, -0.25) is 0 Å². The van der Waals surface area contributed by atoms with Crippen LogP contribution in [0.5, 0.6) is 0 Å². The molecule has 188 valence electrons. The second-order valence-electron chi connectivity index (χ2n) is 9.84. The zero-order valence-electron chi connectivity index (χ0n) is 22.2. The van der Waals surface area contributed by atoms with Crippen LogP contribution in [0.3, 0.4) is 0 Å². The van der Waals surface area contributed by atoms with E-state index in [1.54, 1.807) is 0 Å². The van der Waals surface area contributed by atoms with Crippen LogP contribution in [-0.4, -0.2) is 0 Å². The maximum atomic E-state index is 2.36. The molecule has 5 aromatic carbocycles. The van der Waals surface area contributed by atoms with Crippen LogP contribution in [0.4, 0.5) is 17.1 Å². The molecule has 0 heterocycles. The van der Waals surface area contributed by atoms with Crippen LogP contribution in [0.1, 0.15) is 17.5 Å². The summed E-state index contributed by atoms with van der Waals surface area (Å²) in [6, 6.07) is 45.7. The average molecular weight is 502 g/mol. The molecule has 1 heteroatoms. The molecular weight excluding hydrogens is 470 g/mol. The fourth-order valence-electron chi connectivity index (χ4n) is 5.17. The second-order valence-corrected chi connectivity index (χ2v) is 9.84. The van der Waals surface area contributed by atoms with Gasteiger partial charge in [-0.15, -0.1) is 0 Å². The van der Waals surface area contributed by atoms with Crippen LogP contribution < -0.4 is 4.90 Å². The maximum absolute atomic E-state index is 2.36. The smallest absolute Gasteiger partial charge is 0.0491 e. The third kappa shape index (κ3) is 5.39. The van der Waals surface area contributed by atoms with Crippen LogP contribution in [0.25, 0.3) is 27.8 Å². The van der Waals surface area contributed by atoms with E-state index in [0.717, 1.165) is 17.8 Å². The van der Waals surface area contributed by atoms with E-state index in [-0.39, 0.29) is 0 Å². The normalized spacial score (nSPS) is 12.6. The van der Waals surface area contributed by atoms with E-state index in [1.807, 2.05) is 0 Å². The highest BCUT2D eigenvalue weighted by Crippen LogP contribution is 2.39. The van der Waals surface area contributed by atoms with Crippen LogP contribution in [0.2, 0.25) is 0 Å². The Morgan fingerprint density at radius 3 is 1.67 bits per heavy atom. The summed E-state index contributed by atoms with van der Waals surface area (Å²) in [5.41, 5.74) is 12.1. The lowest BCUT2D eigenvalue weighted by molar-refractivity contribution is 1.25. The second kappa shape index (κ2) is 11.2. The van der Waals surface area contributed by atoms with Crippen LogP contribution in [0, 0.1) is 6.92 Å². The number of aryl methyl sites for hydroxylation is 1. The fraction of sp³-hybridized carbons (Fsp3) is 0.0526. The number of hydrogen-bond acceptors (Lipinski definition) is 1. The summed E-state index contributed by atoms with van der Waals surface area (Å²) in [6.07, 6.45) is 11.8. The minimum absolute atomic E-state index is 0.955. The molecule has 1 aliphatic carbocycles. The third-order valence-corrected chi connectivity index (χ3v) is 7.23. The molecule has 6 rings (SSSR count). The number of benzene rings is 5. The van der Waals surface area contributed by atoms with E-state index >= 15 is 0 Å². The van der Waals surface area contributed by atoms with Crippen molar-refractivity contribution < 1.29 is 0 Å². The van der Waals surface area contributed by atoms with Crippen molar-refractivity contribution >= 4 is 22.6 Å². The monoisotopic (exact) mass is 501 g/mol. The molecule has 0 saturated heterocycles. The first kappa shape index (κ1) is 24.5. The Hall–Kier alpha value is -4.88. The molecular formula is C38H31N. The van der Waals surface area contributed by atoms with E-state index in [1.165, 1.54) is 44.6 Å². The Morgan fingerprint density at radius 1 is 0.513 bits per heavy atom. The predicted octanol–water partition coefficient (Wildman–Crippen LogP) is 10.7. The summed E-state index contributed by atoms with van der Waals surface area (Å²) in [4.78, 5) is 2.36. The molecule has 39 heavy (non-hydrogen) atoms. The molecule has 0 aliphatic heterocycles. The highest BCUT2D eigenvalue weighted by Gasteiger charge is 2.16. The molecule has 0 unspecified atom stereocenters. The van der Waals surface area contributed by atoms with Crippen molar-refractivity contribution in [1.82, 2.24) is 0 Å². The molecule has 0 spiro atoms. The Labute approximate surface area is 231 Å². The molecule has 0 atom stereocenters. The van der Waals surface area contributed by atoms with Crippen molar-refractivity contribution in [2.45, 2.75) is 13.3 Å². The summed E-state index contributed by atoms with van der Waals surface area (Å²) in [5.74, 6) is 0. The zero-order valence-corrected chi connectivity index (χ0v) is 22.2. The van der Waals surface area contributed by atoms with Gasteiger partial charge in [-0.05, 0) is 88.7 Å². The summed E-state index contributed by atoms with van der Waals surface area (Å²) in [7, 11) is 0. The van der Waals surface area contributed by atoms with Crippen molar-refractivity contribution in [3.63, 3.8) is 0 Å². The third-order valence-electron chi connectivity index (χ3n) is 7.23.